The minimum atomic E-state index is -0.677. The maximum absolute atomic E-state index is 11.6. The fraction of sp³-hybridized carbons (Fsp3) is 0.650. The summed E-state index contributed by atoms with van der Waals surface area (Å²) in [5.74, 6) is -0.0850. The maximum Gasteiger partial charge on any atom is 0.310 e. The van der Waals surface area contributed by atoms with Crippen molar-refractivity contribution in [1.29, 1.82) is 0 Å². The van der Waals surface area contributed by atoms with E-state index in [9.17, 15) is 9.90 Å². The molecule has 0 amide bonds. The molecular weight excluding hydrogens is 300 g/mol. The third-order valence-corrected chi connectivity index (χ3v) is 5.83. The van der Waals surface area contributed by atoms with Crippen LogP contribution in [0.25, 0.3) is 0 Å². The number of aliphatic carboxylic acids is 1. The molecule has 1 saturated heterocycles. The summed E-state index contributed by atoms with van der Waals surface area (Å²) >= 11 is 0. The molecule has 2 unspecified atom stereocenters. The second-order valence-corrected chi connectivity index (χ2v) is 7.23. The molecule has 1 aliphatic rings. The molecule has 0 aliphatic carbocycles. The van der Waals surface area contributed by atoms with Crippen LogP contribution < -0.4 is 5.32 Å². The summed E-state index contributed by atoms with van der Waals surface area (Å²) in [6.07, 6.45) is 2.52. The largest absolute Gasteiger partial charge is 0.481 e. The molecule has 4 heteroatoms. The highest BCUT2D eigenvalue weighted by Gasteiger charge is 2.36. The molecule has 1 heterocycles. The summed E-state index contributed by atoms with van der Waals surface area (Å²) in [4.78, 5) is 14.1. The molecule has 0 bridgehead atoms. The first kappa shape index (κ1) is 18.9. The van der Waals surface area contributed by atoms with Crippen LogP contribution in [-0.4, -0.2) is 41.7 Å². The highest BCUT2D eigenvalue weighted by atomic mass is 16.4. The molecular formula is C20H32N2O2. The number of carboxylic acids is 1. The predicted octanol–water partition coefficient (Wildman–Crippen LogP) is 3.38. The minimum Gasteiger partial charge on any atom is -0.481 e. The Morgan fingerprint density at radius 2 is 2.00 bits per heavy atom. The smallest absolute Gasteiger partial charge is 0.310 e. The zero-order valence-electron chi connectivity index (χ0n) is 15.3. The highest BCUT2D eigenvalue weighted by Crippen LogP contribution is 2.27. The van der Waals surface area contributed by atoms with E-state index < -0.39 is 11.4 Å². The van der Waals surface area contributed by atoms with Gasteiger partial charge in [-0.2, -0.15) is 0 Å². The highest BCUT2D eigenvalue weighted by molar-refractivity contribution is 5.74. The van der Waals surface area contributed by atoms with Crippen LogP contribution in [0.2, 0.25) is 0 Å². The Hall–Kier alpha value is -1.39. The van der Waals surface area contributed by atoms with Gasteiger partial charge in [-0.25, -0.2) is 0 Å². The molecule has 1 aromatic carbocycles. The van der Waals surface area contributed by atoms with Gasteiger partial charge in [-0.15, -0.1) is 0 Å². The van der Waals surface area contributed by atoms with Gasteiger partial charge in [-0.3, -0.25) is 9.69 Å². The van der Waals surface area contributed by atoms with Crippen LogP contribution >= 0.6 is 0 Å². The fourth-order valence-corrected chi connectivity index (χ4v) is 3.66. The van der Waals surface area contributed by atoms with Crippen LogP contribution in [0.3, 0.4) is 0 Å². The predicted molar refractivity (Wildman–Crippen MR) is 97.9 cm³/mol. The second kappa shape index (κ2) is 8.63. The normalized spacial score (nSPS) is 20.2. The van der Waals surface area contributed by atoms with Gasteiger partial charge in [-0.1, -0.05) is 44.2 Å². The van der Waals surface area contributed by atoms with Crippen molar-refractivity contribution in [3.8, 4) is 0 Å². The van der Waals surface area contributed by atoms with E-state index in [4.69, 9.17) is 0 Å². The van der Waals surface area contributed by atoms with Crippen LogP contribution in [0.4, 0.5) is 0 Å². The molecule has 4 nitrogen and oxygen atoms in total. The monoisotopic (exact) mass is 332 g/mol. The number of benzene rings is 1. The van der Waals surface area contributed by atoms with Gasteiger partial charge in [0.25, 0.3) is 0 Å². The second-order valence-electron chi connectivity index (χ2n) is 7.23. The summed E-state index contributed by atoms with van der Waals surface area (Å²) < 4.78 is 0. The van der Waals surface area contributed by atoms with Crippen molar-refractivity contribution in [2.24, 2.45) is 11.3 Å². The number of carbonyl (C=O) groups is 1. The molecule has 1 aromatic rings. The SMILES string of the molecule is CCC(CC)(CNC(C)C1CCN(Cc2ccccc2)C1)C(=O)O. The first-order chi connectivity index (χ1) is 11.5. The first-order valence-corrected chi connectivity index (χ1v) is 9.23. The Morgan fingerprint density at radius 3 is 2.58 bits per heavy atom. The van der Waals surface area contributed by atoms with E-state index in [1.54, 1.807) is 0 Å². The van der Waals surface area contributed by atoms with E-state index >= 15 is 0 Å². The summed E-state index contributed by atoms with van der Waals surface area (Å²) in [7, 11) is 0. The Labute approximate surface area is 146 Å². The molecule has 2 atom stereocenters. The third kappa shape index (κ3) is 4.58. The summed E-state index contributed by atoms with van der Waals surface area (Å²) in [6.45, 7) is 9.92. The fourth-order valence-electron chi connectivity index (χ4n) is 3.66. The van der Waals surface area contributed by atoms with Gasteiger partial charge in [-0.05, 0) is 44.2 Å². The van der Waals surface area contributed by atoms with Crippen LogP contribution in [0.5, 0.6) is 0 Å². The topological polar surface area (TPSA) is 52.6 Å². The van der Waals surface area contributed by atoms with E-state index in [2.05, 4.69) is 47.5 Å². The van der Waals surface area contributed by atoms with E-state index in [0.29, 0.717) is 31.3 Å². The Balaban J connectivity index is 1.83. The van der Waals surface area contributed by atoms with Crippen LogP contribution in [0, 0.1) is 11.3 Å². The summed E-state index contributed by atoms with van der Waals surface area (Å²) in [5, 5.41) is 13.1. The lowest BCUT2D eigenvalue weighted by Crippen LogP contribution is -2.45. The summed E-state index contributed by atoms with van der Waals surface area (Å²) in [5.41, 5.74) is 0.733. The average Bonchev–Trinajstić information content (AvgIpc) is 3.05. The van der Waals surface area contributed by atoms with Crippen LogP contribution in [0.1, 0.15) is 45.6 Å². The number of carboxylic acid groups (broad SMARTS) is 1. The molecule has 0 radical (unpaired) electrons. The average molecular weight is 332 g/mol. The molecule has 1 aliphatic heterocycles. The van der Waals surface area contributed by atoms with E-state index in [1.807, 2.05) is 13.8 Å². The van der Waals surface area contributed by atoms with Crippen molar-refractivity contribution >= 4 is 5.97 Å². The molecule has 2 N–H and O–H groups in total. The molecule has 0 aromatic heterocycles. The van der Waals surface area contributed by atoms with E-state index in [0.717, 1.165) is 19.6 Å². The van der Waals surface area contributed by atoms with Gasteiger partial charge in [0.15, 0.2) is 0 Å². The van der Waals surface area contributed by atoms with Crippen molar-refractivity contribution in [1.82, 2.24) is 10.2 Å². The van der Waals surface area contributed by atoms with Gasteiger partial charge in [0.1, 0.15) is 0 Å². The number of hydrogen-bond donors (Lipinski definition) is 2. The lowest BCUT2D eigenvalue weighted by atomic mass is 9.82. The molecule has 2 rings (SSSR count). The van der Waals surface area contributed by atoms with Crippen LogP contribution in [-0.2, 0) is 11.3 Å². The molecule has 24 heavy (non-hydrogen) atoms. The maximum atomic E-state index is 11.6. The number of nitrogens with zero attached hydrogens (tertiary/aromatic N) is 1. The Bertz CT molecular complexity index is 514. The minimum absolute atomic E-state index is 0.350. The molecule has 134 valence electrons. The van der Waals surface area contributed by atoms with Gasteiger partial charge in [0, 0.05) is 25.7 Å². The molecule has 0 spiro atoms. The van der Waals surface area contributed by atoms with Crippen molar-refractivity contribution in [3.05, 3.63) is 35.9 Å². The molecule has 0 saturated carbocycles. The van der Waals surface area contributed by atoms with Crippen molar-refractivity contribution in [2.75, 3.05) is 19.6 Å². The quantitative estimate of drug-likeness (QED) is 0.728. The van der Waals surface area contributed by atoms with Gasteiger partial charge >= 0.3 is 5.97 Å². The van der Waals surface area contributed by atoms with E-state index in [-0.39, 0.29) is 0 Å². The van der Waals surface area contributed by atoms with Gasteiger partial charge in [0.05, 0.1) is 5.41 Å². The number of hydrogen-bond acceptors (Lipinski definition) is 3. The number of nitrogens with one attached hydrogen (secondary N) is 1. The van der Waals surface area contributed by atoms with Crippen molar-refractivity contribution < 1.29 is 9.90 Å². The standard InChI is InChI=1S/C20H32N2O2/c1-4-20(5-2,19(23)24)15-21-16(3)18-11-12-22(14-18)13-17-9-7-6-8-10-17/h6-10,16,18,21H,4-5,11-15H2,1-3H3,(H,23,24). The number of rotatable bonds is 9. The van der Waals surface area contributed by atoms with Crippen molar-refractivity contribution in [2.45, 2.75) is 52.6 Å². The van der Waals surface area contributed by atoms with Crippen LogP contribution in [0.15, 0.2) is 30.3 Å². The van der Waals surface area contributed by atoms with E-state index in [1.165, 1.54) is 12.0 Å². The van der Waals surface area contributed by atoms with Gasteiger partial charge in [0.2, 0.25) is 0 Å². The molecule has 1 fully saturated rings. The first-order valence-electron chi connectivity index (χ1n) is 9.23. The lowest BCUT2D eigenvalue weighted by Gasteiger charge is -2.30. The number of likely N-dealkylation sites (tertiary alicyclic amines) is 1. The summed E-state index contributed by atoms with van der Waals surface area (Å²) in [6, 6.07) is 10.9. The van der Waals surface area contributed by atoms with Crippen molar-refractivity contribution in [3.63, 3.8) is 0 Å². The zero-order valence-corrected chi connectivity index (χ0v) is 15.3. The Morgan fingerprint density at radius 1 is 1.33 bits per heavy atom. The lowest BCUT2D eigenvalue weighted by molar-refractivity contribution is -0.149. The third-order valence-electron chi connectivity index (χ3n) is 5.83. The van der Waals surface area contributed by atoms with Gasteiger partial charge < -0.3 is 10.4 Å². The Kier molecular flexibility index (Phi) is 6.81. The zero-order chi connectivity index (χ0) is 17.6.